The number of imidazole rings is 1. The summed E-state index contributed by atoms with van der Waals surface area (Å²) in [4.78, 5) is 7.84. The first-order valence-corrected chi connectivity index (χ1v) is 6.57. The Morgan fingerprint density at radius 1 is 1.11 bits per heavy atom. The van der Waals surface area contributed by atoms with Crippen LogP contribution in [0.2, 0.25) is 10.0 Å². The number of aromatic nitrogens is 2. The van der Waals surface area contributed by atoms with Crippen LogP contribution in [0.25, 0.3) is 22.4 Å². The minimum absolute atomic E-state index is 0.456. The molecule has 0 fully saturated rings. The molecule has 0 radical (unpaired) electrons. The number of para-hydroxylation sites is 1. The number of rotatable bonds is 2. The number of hydrogen-bond donors (Lipinski definition) is 2. The Bertz CT molecular complexity index is 729. The van der Waals surface area contributed by atoms with Crippen LogP contribution < -0.4 is 5.73 Å². The maximum atomic E-state index is 6.01. The van der Waals surface area contributed by atoms with Crippen molar-refractivity contribution in [3.8, 4) is 11.4 Å². The van der Waals surface area contributed by atoms with Gasteiger partial charge in [-0.2, -0.15) is 0 Å². The van der Waals surface area contributed by atoms with Crippen LogP contribution in [0.15, 0.2) is 36.4 Å². The van der Waals surface area contributed by atoms with Crippen LogP contribution in [0.3, 0.4) is 0 Å². The molecule has 5 heteroatoms. The van der Waals surface area contributed by atoms with Crippen molar-refractivity contribution in [2.24, 2.45) is 5.73 Å². The molecule has 0 atom stereocenters. The number of nitrogens with two attached hydrogens (primary N) is 1. The summed E-state index contributed by atoms with van der Waals surface area (Å²) in [5.41, 5.74) is 9.42. The lowest BCUT2D eigenvalue weighted by Gasteiger charge is -1.99. The van der Waals surface area contributed by atoms with E-state index in [0.29, 0.717) is 16.6 Å². The maximum absolute atomic E-state index is 6.01. The van der Waals surface area contributed by atoms with Gasteiger partial charge in [-0.05, 0) is 29.8 Å². The molecule has 0 spiro atoms. The zero-order chi connectivity index (χ0) is 13.4. The van der Waals surface area contributed by atoms with E-state index in [1.165, 1.54) is 0 Å². The van der Waals surface area contributed by atoms with Crippen LogP contribution in [0.4, 0.5) is 0 Å². The number of fused-ring (bicyclic) bond motifs is 1. The van der Waals surface area contributed by atoms with E-state index >= 15 is 0 Å². The molecule has 19 heavy (non-hydrogen) atoms. The van der Waals surface area contributed by atoms with Crippen LogP contribution in [0.1, 0.15) is 5.56 Å². The first-order valence-electron chi connectivity index (χ1n) is 5.81. The van der Waals surface area contributed by atoms with Crippen LogP contribution in [-0.4, -0.2) is 9.97 Å². The van der Waals surface area contributed by atoms with E-state index in [-0.39, 0.29) is 0 Å². The topological polar surface area (TPSA) is 54.7 Å². The first-order chi connectivity index (χ1) is 9.17. The van der Waals surface area contributed by atoms with Gasteiger partial charge in [0.05, 0.1) is 11.0 Å². The zero-order valence-electron chi connectivity index (χ0n) is 9.95. The van der Waals surface area contributed by atoms with Gasteiger partial charge in [-0.25, -0.2) is 4.98 Å². The molecule has 0 aliphatic rings. The molecule has 0 unspecified atom stereocenters. The minimum atomic E-state index is 0.456. The van der Waals surface area contributed by atoms with Crippen LogP contribution in [0.5, 0.6) is 0 Å². The summed E-state index contributed by atoms with van der Waals surface area (Å²) in [5, 5.41) is 1.17. The highest BCUT2D eigenvalue weighted by Gasteiger charge is 2.09. The Kier molecular flexibility index (Phi) is 3.19. The third-order valence-electron chi connectivity index (χ3n) is 2.95. The second-order valence-electron chi connectivity index (χ2n) is 4.26. The highest BCUT2D eigenvalue weighted by atomic mass is 35.5. The summed E-state index contributed by atoms with van der Waals surface area (Å²) in [6.45, 7) is 0.456. The number of H-pyrrole nitrogens is 1. The van der Waals surface area contributed by atoms with Crippen molar-refractivity contribution in [3.63, 3.8) is 0 Å². The molecule has 3 N–H and O–H groups in total. The molecule has 96 valence electrons. The minimum Gasteiger partial charge on any atom is -0.338 e. The summed E-state index contributed by atoms with van der Waals surface area (Å²) >= 11 is 12.0. The van der Waals surface area contributed by atoms with Crippen molar-refractivity contribution in [3.05, 3.63) is 52.0 Å². The number of benzene rings is 2. The average Bonchev–Trinajstić information content (AvgIpc) is 2.81. The lowest BCUT2D eigenvalue weighted by Crippen LogP contribution is -1.96. The van der Waals surface area contributed by atoms with E-state index in [1.54, 1.807) is 6.07 Å². The van der Waals surface area contributed by atoms with E-state index in [4.69, 9.17) is 28.9 Å². The number of nitrogens with one attached hydrogen (secondary N) is 1. The predicted molar refractivity (Wildman–Crippen MR) is 79.4 cm³/mol. The molecule has 1 heterocycles. The van der Waals surface area contributed by atoms with Gasteiger partial charge in [0.25, 0.3) is 0 Å². The normalized spacial score (nSPS) is 11.1. The monoisotopic (exact) mass is 291 g/mol. The summed E-state index contributed by atoms with van der Waals surface area (Å²) in [6, 6.07) is 11.2. The smallest absolute Gasteiger partial charge is 0.138 e. The molecule has 0 aliphatic heterocycles. The summed E-state index contributed by atoms with van der Waals surface area (Å²) < 4.78 is 0. The van der Waals surface area contributed by atoms with Gasteiger partial charge in [-0.15, -0.1) is 0 Å². The average molecular weight is 292 g/mol. The van der Waals surface area contributed by atoms with Gasteiger partial charge in [0.2, 0.25) is 0 Å². The largest absolute Gasteiger partial charge is 0.338 e. The highest BCUT2D eigenvalue weighted by molar-refractivity contribution is 6.35. The molecule has 2 aromatic carbocycles. The molecule has 3 nitrogen and oxygen atoms in total. The lowest BCUT2D eigenvalue weighted by molar-refractivity contribution is 1.08. The molecule has 0 saturated heterocycles. The van der Waals surface area contributed by atoms with Crippen LogP contribution in [-0.2, 0) is 6.54 Å². The molecule has 1 aromatic heterocycles. The van der Waals surface area contributed by atoms with Gasteiger partial charge >= 0.3 is 0 Å². The predicted octanol–water partition coefficient (Wildman–Crippen LogP) is 4.00. The first kappa shape index (κ1) is 12.5. The molecule has 0 saturated carbocycles. The zero-order valence-corrected chi connectivity index (χ0v) is 11.5. The van der Waals surface area contributed by atoms with Gasteiger partial charge in [0, 0.05) is 22.2 Å². The Labute approximate surface area is 120 Å². The molecule has 0 bridgehead atoms. The SMILES string of the molecule is NCc1cccc2[nH]c(-c3cc(Cl)cc(Cl)c3)nc12. The third kappa shape index (κ3) is 2.32. The quantitative estimate of drug-likeness (QED) is 0.750. The van der Waals surface area contributed by atoms with E-state index in [1.807, 2.05) is 30.3 Å². The highest BCUT2D eigenvalue weighted by Crippen LogP contribution is 2.27. The molecule has 3 rings (SSSR count). The molecular formula is C14H11Cl2N3. The fourth-order valence-electron chi connectivity index (χ4n) is 2.08. The van der Waals surface area contributed by atoms with Gasteiger partial charge in [-0.3, -0.25) is 0 Å². The van der Waals surface area contributed by atoms with Crippen LogP contribution in [0, 0.1) is 0 Å². The number of halogens is 2. The van der Waals surface area contributed by atoms with Gasteiger partial charge in [0.15, 0.2) is 0 Å². The Balaban J connectivity index is 2.20. The number of nitrogens with zero attached hydrogens (tertiary/aromatic N) is 1. The Morgan fingerprint density at radius 2 is 1.84 bits per heavy atom. The second-order valence-corrected chi connectivity index (χ2v) is 5.13. The summed E-state index contributed by atoms with van der Waals surface area (Å²) in [5.74, 6) is 0.736. The third-order valence-corrected chi connectivity index (χ3v) is 3.39. The molecular weight excluding hydrogens is 281 g/mol. The fourth-order valence-corrected chi connectivity index (χ4v) is 2.61. The lowest BCUT2D eigenvalue weighted by atomic mass is 10.2. The van der Waals surface area contributed by atoms with Gasteiger partial charge in [0.1, 0.15) is 5.82 Å². The van der Waals surface area contributed by atoms with Crippen molar-refractivity contribution in [1.29, 1.82) is 0 Å². The summed E-state index contributed by atoms with van der Waals surface area (Å²) in [7, 11) is 0. The second kappa shape index (κ2) is 4.85. The van der Waals surface area contributed by atoms with Gasteiger partial charge < -0.3 is 10.7 Å². The van der Waals surface area contributed by atoms with Crippen LogP contribution >= 0.6 is 23.2 Å². The van der Waals surface area contributed by atoms with Crippen molar-refractivity contribution < 1.29 is 0 Å². The maximum Gasteiger partial charge on any atom is 0.138 e. The Hall–Kier alpha value is -1.55. The number of aromatic amines is 1. The number of hydrogen-bond acceptors (Lipinski definition) is 2. The van der Waals surface area contributed by atoms with Crippen molar-refractivity contribution in [2.45, 2.75) is 6.54 Å². The van der Waals surface area contributed by atoms with E-state index in [0.717, 1.165) is 28.0 Å². The van der Waals surface area contributed by atoms with E-state index in [9.17, 15) is 0 Å². The van der Waals surface area contributed by atoms with Gasteiger partial charge in [-0.1, -0.05) is 35.3 Å². The Morgan fingerprint density at radius 3 is 2.53 bits per heavy atom. The molecule has 3 aromatic rings. The molecule has 0 aliphatic carbocycles. The summed E-state index contributed by atoms with van der Waals surface area (Å²) in [6.07, 6.45) is 0. The van der Waals surface area contributed by atoms with Crippen molar-refractivity contribution >= 4 is 34.2 Å². The van der Waals surface area contributed by atoms with E-state index in [2.05, 4.69) is 9.97 Å². The standard InChI is InChI=1S/C14H11Cl2N3/c15-10-4-9(5-11(16)6-10)14-18-12-3-1-2-8(7-17)13(12)19-14/h1-6H,7,17H2,(H,18,19). The van der Waals surface area contributed by atoms with Crippen molar-refractivity contribution in [1.82, 2.24) is 9.97 Å². The van der Waals surface area contributed by atoms with Crippen molar-refractivity contribution in [2.75, 3.05) is 0 Å². The van der Waals surface area contributed by atoms with E-state index < -0.39 is 0 Å². The molecule has 0 amide bonds. The fraction of sp³-hybridized carbons (Fsp3) is 0.0714.